The lowest BCUT2D eigenvalue weighted by molar-refractivity contribution is 0.0946. The van der Waals surface area contributed by atoms with Crippen LogP contribution in [0.25, 0.3) is 0 Å². The summed E-state index contributed by atoms with van der Waals surface area (Å²) in [5, 5.41) is 2.96. The first-order valence-corrected chi connectivity index (χ1v) is 7.00. The van der Waals surface area contributed by atoms with Gasteiger partial charge in [0.05, 0.1) is 0 Å². The van der Waals surface area contributed by atoms with Crippen LogP contribution < -0.4 is 5.32 Å². The molecule has 0 bridgehead atoms. The molecule has 0 aliphatic carbocycles. The Hall–Kier alpha value is -1.00. The molecule has 0 spiro atoms. The lowest BCUT2D eigenvalue weighted by atomic mass is 10.1. The predicted octanol–water partition coefficient (Wildman–Crippen LogP) is 2.19. The average molecular weight is 264 g/mol. The van der Waals surface area contributed by atoms with E-state index in [1.807, 2.05) is 12.1 Å². The van der Waals surface area contributed by atoms with Gasteiger partial charge in [-0.2, -0.15) is 0 Å². The van der Waals surface area contributed by atoms with Crippen molar-refractivity contribution in [1.29, 1.82) is 0 Å². The summed E-state index contributed by atoms with van der Waals surface area (Å²) in [6.07, 6.45) is 3.92. The van der Waals surface area contributed by atoms with E-state index >= 15 is 0 Å². The number of benzene rings is 1. The zero-order valence-electron chi connectivity index (χ0n) is 10.6. The lowest BCUT2D eigenvalue weighted by Gasteiger charge is -2.26. The molecule has 0 saturated carbocycles. The first-order chi connectivity index (χ1) is 8.75. The highest BCUT2D eigenvalue weighted by Gasteiger charge is 2.10. The topological polar surface area (TPSA) is 32.3 Å². The van der Waals surface area contributed by atoms with Crippen molar-refractivity contribution in [3.05, 3.63) is 29.8 Å². The molecule has 1 aromatic carbocycles. The molecule has 2 rings (SSSR count). The van der Waals surface area contributed by atoms with Gasteiger partial charge in [-0.25, -0.2) is 0 Å². The molecule has 0 radical (unpaired) electrons. The molecule has 0 aromatic heterocycles. The van der Waals surface area contributed by atoms with E-state index in [4.69, 9.17) is 0 Å². The van der Waals surface area contributed by atoms with Crippen LogP contribution in [0.5, 0.6) is 0 Å². The lowest BCUT2D eigenvalue weighted by Crippen LogP contribution is -2.37. The molecule has 1 heterocycles. The number of hydrogen-bond acceptors (Lipinski definition) is 3. The standard InChI is InChI=1S/C14H20N2OS/c17-14(12-4-6-13(18)7-5-12)15-8-11-16-9-2-1-3-10-16/h4-7,18H,1-3,8-11H2,(H,15,17). The Balaban J connectivity index is 1.72. The number of likely N-dealkylation sites (tertiary alicyclic amines) is 1. The van der Waals surface area contributed by atoms with Gasteiger partial charge in [-0.3, -0.25) is 4.79 Å². The Morgan fingerprint density at radius 3 is 2.50 bits per heavy atom. The summed E-state index contributed by atoms with van der Waals surface area (Å²) in [7, 11) is 0. The SMILES string of the molecule is O=C(NCCN1CCCCC1)c1ccc(S)cc1. The van der Waals surface area contributed by atoms with Crippen LogP contribution >= 0.6 is 12.6 Å². The maximum absolute atomic E-state index is 11.8. The zero-order valence-corrected chi connectivity index (χ0v) is 11.5. The summed E-state index contributed by atoms with van der Waals surface area (Å²) in [4.78, 5) is 15.1. The summed E-state index contributed by atoms with van der Waals surface area (Å²) in [6, 6.07) is 7.28. The number of hydrogen-bond donors (Lipinski definition) is 2. The van der Waals surface area contributed by atoms with Gasteiger partial charge in [0.25, 0.3) is 5.91 Å². The minimum Gasteiger partial charge on any atom is -0.351 e. The highest BCUT2D eigenvalue weighted by atomic mass is 32.1. The molecule has 1 fully saturated rings. The first-order valence-electron chi connectivity index (χ1n) is 6.55. The van der Waals surface area contributed by atoms with Crippen molar-refractivity contribution in [3.63, 3.8) is 0 Å². The molecule has 18 heavy (non-hydrogen) atoms. The van der Waals surface area contributed by atoms with Crippen LogP contribution in [0.1, 0.15) is 29.6 Å². The number of nitrogens with one attached hydrogen (secondary N) is 1. The van der Waals surface area contributed by atoms with Gasteiger partial charge in [-0.05, 0) is 50.2 Å². The third-order valence-corrected chi connectivity index (χ3v) is 3.59. The molecular formula is C14H20N2OS. The van der Waals surface area contributed by atoms with Crippen molar-refractivity contribution in [1.82, 2.24) is 10.2 Å². The fourth-order valence-corrected chi connectivity index (χ4v) is 2.37. The average Bonchev–Trinajstić information content (AvgIpc) is 2.40. The van der Waals surface area contributed by atoms with E-state index in [1.165, 1.54) is 32.4 Å². The van der Waals surface area contributed by atoms with Crippen molar-refractivity contribution in [3.8, 4) is 0 Å². The Kier molecular flexibility index (Phi) is 5.08. The van der Waals surface area contributed by atoms with Crippen LogP contribution in [0.2, 0.25) is 0 Å². The number of nitrogens with zero attached hydrogens (tertiary/aromatic N) is 1. The molecule has 1 saturated heterocycles. The normalized spacial score (nSPS) is 16.5. The molecule has 3 nitrogen and oxygen atoms in total. The molecule has 1 N–H and O–H groups in total. The third-order valence-electron chi connectivity index (χ3n) is 3.29. The van der Waals surface area contributed by atoms with E-state index in [2.05, 4.69) is 22.8 Å². The van der Waals surface area contributed by atoms with Crippen molar-refractivity contribution in [2.75, 3.05) is 26.2 Å². The highest BCUT2D eigenvalue weighted by Crippen LogP contribution is 2.08. The molecule has 1 aliphatic heterocycles. The molecule has 0 unspecified atom stereocenters. The minimum absolute atomic E-state index is 0.000317. The molecule has 98 valence electrons. The summed E-state index contributed by atoms with van der Waals surface area (Å²) in [6.45, 7) is 4.02. The van der Waals surface area contributed by atoms with Crippen molar-refractivity contribution in [2.24, 2.45) is 0 Å². The second-order valence-electron chi connectivity index (χ2n) is 4.71. The molecular weight excluding hydrogens is 244 g/mol. The molecule has 4 heteroatoms. The summed E-state index contributed by atoms with van der Waals surface area (Å²) >= 11 is 4.20. The second kappa shape index (κ2) is 6.81. The number of carbonyl (C=O) groups excluding carboxylic acids is 1. The van der Waals surface area contributed by atoms with Crippen LogP contribution in [0.3, 0.4) is 0 Å². The Morgan fingerprint density at radius 2 is 1.83 bits per heavy atom. The Labute approximate surface area is 114 Å². The van der Waals surface area contributed by atoms with E-state index in [0.717, 1.165) is 18.0 Å². The monoisotopic (exact) mass is 264 g/mol. The Bertz CT molecular complexity index is 385. The van der Waals surface area contributed by atoms with Crippen LogP contribution in [0, 0.1) is 0 Å². The van der Waals surface area contributed by atoms with Gasteiger partial charge in [0, 0.05) is 23.5 Å². The molecule has 1 aromatic rings. The maximum atomic E-state index is 11.8. The third kappa shape index (κ3) is 4.03. The smallest absolute Gasteiger partial charge is 0.251 e. The van der Waals surface area contributed by atoms with Gasteiger partial charge in [-0.1, -0.05) is 6.42 Å². The van der Waals surface area contributed by atoms with Crippen LogP contribution in [-0.2, 0) is 0 Å². The number of piperidine rings is 1. The van der Waals surface area contributed by atoms with E-state index in [9.17, 15) is 4.79 Å². The van der Waals surface area contributed by atoms with Crippen LogP contribution in [-0.4, -0.2) is 37.0 Å². The van der Waals surface area contributed by atoms with Crippen molar-refractivity contribution >= 4 is 18.5 Å². The zero-order chi connectivity index (χ0) is 12.8. The van der Waals surface area contributed by atoms with Crippen molar-refractivity contribution in [2.45, 2.75) is 24.2 Å². The summed E-state index contributed by atoms with van der Waals surface area (Å²) < 4.78 is 0. The van der Waals surface area contributed by atoms with Gasteiger partial charge in [0.1, 0.15) is 0 Å². The van der Waals surface area contributed by atoms with Gasteiger partial charge < -0.3 is 10.2 Å². The first kappa shape index (κ1) is 13.4. The predicted molar refractivity (Wildman–Crippen MR) is 76.3 cm³/mol. The van der Waals surface area contributed by atoms with Gasteiger partial charge in [0.2, 0.25) is 0 Å². The molecule has 0 atom stereocenters. The maximum Gasteiger partial charge on any atom is 0.251 e. The van der Waals surface area contributed by atoms with Crippen molar-refractivity contribution < 1.29 is 4.79 Å². The van der Waals surface area contributed by atoms with E-state index in [-0.39, 0.29) is 5.91 Å². The van der Waals surface area contributed by atoms with Gasteiger partial charge >= 0.3 is 0 Å². The number of amides is 1. The number of thiol groups is 1. The van der Waals surface area contributed by atoms with Gasteiger partial charge in [0.15, 0.2) is 0 Å². The largest absolute Gasteiger partial charge is 0.351 e. The van der Waals surface area contributed by atoms with Gasteiger partial charge in [-0.15, -0.1) is 12.6 Å². The van der Waals surface area contributed by atoms with E-state index in [0.29, 0.717) is 5.56 Å². The fourth-order valence-electron chi connectivity index (χ4n) is 2.23. The van der Waals surface area contributed by atoms with E-state index < -0.39 is 0 Å². The second-order valence-corrected chi connectivity index (χ2v) is 5.22. The molecule has 1 amide bonds. The quantitative estimate of drug-likeness (QED) is 0.817. The van der Waals surface area contributed by atoms with Crippen LogP contribution in [0.15, 0.2) is 29.2 Å². The van der Waals surface area contributed by atoms with E-state index in [1.54, 1.807) is 12.1 Å². The number of carbonyl (C=O) groups is 1. The van der Waals surface area contributed by atoms with Crippen LogP contribution in [0.4, 0.5) is 0 Å². The number of rotatable bonds is 4. The minimum atomic E-state index is 0.000317. The molecule has 1 aliphatic rings. The summed E-state index contributed by atoms with van der Waals surface area (Å²) in [5.74, 6) is 0.000317. The highest BCUT2D eigenvalue weighted by molar-refractivity contribution is 7.80. The Morgan fingerprint density at radius 1 is 1.17 bits per heavy atom. The summed E-state index contributed by atoms with van der Waals surface area (Å²) in [5.41, 5.74) is 0.700. The fraction of sp³-hybridized carbons (Fsp3) is 0.500.